The number of pyridine rings is 1. The number of carbonyl (C=O) groups is 1. The maximum absolute atomic E-state index is 15.4. The first-order chi connectivity index (χ1) is 19.8. The Morgan fingerprint density at radius 2 is 2.00 bits per heavy atom. The zero-order valence-corrected chi connectivity index (χ0v) is 24.8. The van der Waals surface area contributed by atoms with Crippen LogP contribution in [-0.2, 0) is 31.3 Å². The number of benzene rings is 2. The second kappa shape index (κ2) is 10.2. The fourth-order valence-electron chi connectivity index (χ4n) is 5.75. The number of nitrogens with one attached hydrogen (secondary N) is 1. The summed E-state index contributed by atoms with van der Waals surface area (Å²) in [7, 11) is -3.59. The van der Waals surface area contributed by atoms with Crippen molar-refractivity contribution in [3.63, 3.8) is 0 Å². The van der Waals surface area contributed by atoms with E-state index in [1.165, 1.54) is 12.3 Å². The molecule has 4 aromatic rings. The molecule has 0 atom stereocenters. The van der Waals surface area contributed by atoms with Crippen LogP contribution in [0.4, 0.5) is 10.1 Å². The average Bonchev–Trinajstić information content (AvgIpc) is 3.62. The third-order valence-electron chi connectivity index (χ3n) is 7.89. The van der Waals surface area contributed by atoms with E-state index in [9.17, 15) is 13.2 Å². The highest BCUT2D eigenvalue weighted by molar-refractivity contribution is 7.91. The molecule has 1 aliphatic carbocycles. The number of aromatic nitrogens is 3. The second-order valence-electron chi connectivity index (χ2n) is 12.5. The minimum atomic E-state index is -3.59. The van der Waals surface area contributed by atoms with E-state index in [2.05, 4.69) is 15.4 Å². The Morgan fingerprint density at radius 1 is 1.21 bits per heavy atom. The summed E-state index contributed by atoms with van der Waals surface area (Å²) in [6.45, 7) is 8.18. The van der Waals surface area contributed by atoms with Crippen LogP contribution in [-0.4, -0.2) is 47.6 Å². The SMILES string of the molecule is Cc1cc(CC(=O)Nc2cnn(C(C)(C)C)c2)cc(F)c1Oc1ccnc2ccc(S(=O)(=O)CC34COC(C3)C4)cc12. The van der Waals surface area contributed by atoms with E-state index in [-0.39, 0.29) is 51.5 Å². The van der Waals surface area contributed by atoms with Crippen molar-refractivity contribution >= 4 is 32.3 Å². The van der Waals surface area contributed by atoms with Crippen molar-refractivity contribution in [2.75, 3.05) is 17.7 Å². The van der Waals surface area contributed by atoms with Crippen LogP contribution >= 0.6 is 0 Å². The molecule has 220 valence electrons. The number of aryl methyl sites for hydroxylation is 1. The zero-order chi connectivity index (χ0) is 29.9. The van der Waals surface area contributed by atoms with Gasteiger partial charge in [-0.25, -0.2) is 12.8 Å². The lowest BCUT2D eigenvalue weighted by Gasteiger charge is -2.34. The lowest BCUT2D eigenvalue weighted by molar-refractivity contribution is -0.115. The Bertz CT molecular complexity index is 1780. The minimum Gasteiger partial charge on any atom is -0.453 e. The van der Waals surface area contributed by atoms with Gasteiger partial charge in [0.25, 0.3) is 0 Å². The Morgan fingerprint density at radius 3 is 2.67 bits per heavy atom. The number of sulfone groups is 1. The van der Waals surface area contributed by atoms with Crippen LogP contribution in [0.5, 0.6) is 11.5 Å². The lowest BCUT2D eigenvalue weighted by atomic mass is 9.72. The topological polar surface area (TPSA) is 112 Å². The van der Waals surface area contributed by atoms with Gasteiger partial charge in [0.1, 0.15) is 5.75 Å². The molecule has 1 N–H and O–H groups in total. The molecular formula is C31H33FN4O5S. The van der Waals surface area contributed by atoms with Crippen LogP contribution in [0.3, 0.4) is 0 Å². The lowest BCUT2D eigenvalue weighted by Crippen LogP contribution is -2.39. The molecule has 3 fully saturated rings. The molecule has 1 saturated carbocycles. The molecule has 2 bridgehead atoms. The summed E-state index contributed by atoms with van der Waals surface area (Å²) in [6.07, 6.45) is 6.55. The summed E-state index contributed by atoms with van der Waals surface area (Å²) >= 11 is 0. The molecule has 0 radical (unpaired) electrons. The van der Waals surface area contributed by atoms with E-state index >= 15 is 4.39 Å². The Labute approximate surface area is 244 Å². The molecule has 0 unspecified atom stereocenters. The quantitative estimate of drug-likeness (QED) is 0.285. The molecule has 11 heteroatoms. The highest BCUT2D eigenvalue weighted by Crippen LogP contribution is 2.51. The van der Waals surface area contributed by atoms with Crippen molar-refractivity contribution in [1.29, 1.82) is 0 Å². The summed E-state index contributed by atoms with van der Waals surface area (Å²) in [4.78, 5) is 17.2. The number of rotatable bonds is 8. The van der Waals surface area contributed by atoms with Gasteiger partial charge in [-0.3, -0.25) is 14.5 Å². The summed E-state index contributed by atoms with van der Waals surface area (Å²) in [6, 6.07) is 9.29. The van der Waals surface area contributed by atoms with Crippen molar-refractivity contribution in [2.24, 2.45) is 5.41 Å². The van der Waals surface area contributed by atoms with Crippen LogP contribution in [0.2, 0.25) is 0 Å². The predicted molar refractivity (Wildman–Crippen MR) is 156 cm³/mol. The molecule has 1 amide bonds. The van der Waals surface area contributed by atoms with Gasteiger partial charge in [-0.15, -0.1) is 0 Å². The number of hydrogen-bond donors (Lipinski definition) is 1. The van der Waals surface area contributed by atoms with Crippen molar-refractivity contribution in [3.8, 4) is 11.5 Å². The maximum Gasteiger partial charge on any atom is 0.228 e. The number of nitrogens with zero attached hydrogens (tertiary/aromatic N) is 3. The Kier molecular flexibility index (Phi) is 6.85. The summed E-state index contributed by atoms with van der Waals surface area (Å²) in [5, 5.41) is 7.54. The molecule has 2 aromatic heterocycles. The minimum absolute atomic E-state index is 0.00567. The van der Waals surface area contributed by atoms with Gasteiger partial charge in [0.2, 0.25) is 5.91 Å². The van der Waals surface area contributed by atoms with Gasteiger partial charge >= 0.3 is 0 Å². The van der Waals surface area contributed by atoms with Crippen molar-refractivity contribution in [3.05, 3.63) is 71.9 Å². The number of fused-ring (bicyclic) bond motifs is 2. The van der Waals surface area contributed by atoms with Crippen molar-refractivity contribution < 1.29 is 27.1 Å². The fraction of sp³-hybridized carbons (Fsp3) is 0.387. The van der Waals surface area contributed by atoms with E-state index in [0.29, 0.717) is 34.3 Å². The van der Waals surface area contributed by atoms with Gasteiger partial charge < -0.3 is 14.8 Å². The molecule has 0 spiro atoms. The third kappa shape index (κ3) is 5.50. The molecule has 2 aliphatic heterocycles. The van der Waals surface area contributed by atoms with Crippen molar-refractivity contribution in [2.45, 2.75) is 63.5 Å². The van der Waals surface area contributed by atoms with Gasteiger partial charge in [0.05, 0.1) is 52.7 Å². The standard InChI is InChI=1S/C31H33FN4O5S/c1-19-9-20(11-28(37)35-21-15-34-36(16-21)30(2,3)4)10-25(32)29(19)41-27-7-8-33-26-6-5-23(12-24(26)27)42(38,39)18-31-13-22(14-31)40-17-31/h5-10,12,15-16,22H,11,13-14,17-18H2,1-4H3,(H,35,37). The monoisotopic (exact) mass is 592 g/mol. The van der Waals surface area contributed by atoms with Gasteiger partial charge in [0, 0.05) is 23.2 Å². The number of hydrogen-bond acceptors (Lipinski definition) is 7. The van der Waals surface area contributed by atoms with Crippen molar-refractivity contribution in [1.82, 2.24) is 14.8 Å². The molecule has 3 aliphatic rings. The van der Waals surface area contributed by atoms with E-state index in [1.54, 1.807) is 54.3 Å². The molecule has 9 nitrogen and oxygen atoms in total. The highest BCUT2D eigenvalue weighted by Gasteiger charge is 2.54. The van der Waals surface area contributed by atoms with Gasteiger partial charge in [-0.2, -0.15) is 5.10 Å². The molecular weight excluding hydrogens is 559 g/mol. The van der Waals surface area contributed by atoms with E-state index < -0.39 is 15.7 Å². The predicted octanol–water partition coefficient (Wildman–Crippen LogP) is 5.56. The number of ether oxygens (including phenoxy) is 2. The molecule has 2 saturated heterocycles. The van der Waals surface area contributed by atoms with E-state index in [4.69, 9.17) is 9.47 Å². The number of amides is 1. The maximum atomic E-state index is 15.4. The first-order valence-electron chi connectivity index (χ1n) is 13.9. The summed E-state index contributed by atoms with van der Waals surface area (Å²) in [5.41, 5.74) is 1.54. The van der Waals surface area contributed by atoms with Crippen LogP contribution < -0.4 is 10.1 Å². The molecule has 42 heavy (non-hydrogen) atoms. The number of anilines is 1. The smallest absolute Gasteiger partial charge is 0.228 e. The van der Waals surface area contributed by atoms with E-state index in [1.807, 2.05) is 20.8 Å². The third-order valence-corrected chi connectivity index (χ3v) is 9.86. The van der Waals surface area contributed by atoms with Gasteiger partial charge in [0.15, 0.2) is 21.4 Å². The molecule has 2 aromatic carbocycles. The summed E-state index contributed by atoms with van der Waals surface area (Å²) < 4.78 is 55.4. The molecule has 7 rings (SSSR count). The van der Waals surface area contributed by atoms with Crippen LogP contribution in [0.15, 0.2) is 59.9 Å². The van der Waals surface area contributed by atoms with Gasteiger partial charge in [-0.05, 0) is 82.0 Å². The zero-order valence-electron chi connectivity index (χ0n) is 24.0. The number of carbonyl (C=O) groups excluding carboxylic acids is 1. The van der Waals surface area contributed by atoms with Gasteiger partial charge in [-0.1, -0.05) is 6.07 Å². The second-order valence-corrected chi connectivity index (χ2v) is 14.5. The average molecular weight is 593 g/mol. The van der Waals surface area contributed by atoms with Crippen LogP contribution in [0, 0.1) is 18.2 Å². The Balaban J connectivity index is 1.20. The summed E-state index contributed by atoms with van der Waals surface area (Å²) in [5.74, 6) is -0.626. The highest BCUT2D eigenvalue weighted by atomic mass is 32.2. The normalized spacial score (nSPS) is 20.0. The Hall–Kier alpha value is -3.83. The van der Waals surface area contributed by atoms with Crippen LogP contribution in [0.1, 0.15) is 44.7 Å². The largest absolute Gasteiger partial charge is 0.453 e. The van der Waals surface area contributed by atoms with E-state index in [0.717, 1.165) is 12.8 Å². The van der Waals surface area contributed by atoms with Crippen LogP contribution in [0.25, 0.3) is 10.9 Å². The fourth-order valence-corrected chi connectivity index (χ4v) is 7.62. The first kappa shape index (κ1) is 28.3. The molecule has 4 heterocycles. The first-order valence-corrected chi connectivity index (χ1v) is 15.5. The number of halogens is 1.